The van der Waals surface area contributed by atoms with Gasteiger partial charge in [-0.3, -0.25) is 4.68 Å². The Labute approximate surface area is 101 Å². The maximum Gasteiger partial charge on any atom is 0.0923 e. The summed E-state index contributed by atoms with van der Waals surface area (Å²) in [5, 5.41) is 7.96. The van der Waals surface area contributed by atoms with Crippen LogP contribution < -0.4 is 5.32 Å². The van der Waals surface area contributed by atoms with E-state index >= 15 is 0 Å². The maximum absolute atomic E-state index is 4.44. The van der Waals surface area contributed by atoms with Gasteiger partial charge in [-0.1, -0.05) is 6.07 Å². The molecule has 2 aromatic rings. The van der Waals surface area contributed by atoms with Gasteiger partial charge in [-0.05, 0) is 43.5 Å². The van der Waals surface area contributed by atoms with Crippen LogP contribution in [-0.4, -0.2) is 15.8 Å². The molecule has 0 bridgehead atoms. The highest BCUT2D eigenvalue weighted by atomic mass is 15.2. The summed E-state index contributed by atoms with van der Waals surface area (Å²) in [7, 11) is 1.95. The van der Waals surface area contributed by atoms with Gasteiger partial charge in [0.15, 0.2) is 0 Å². The van der Waals surface area contributed by atoms with Gasteiger partial charge in [0.1, 0.15) is 0 Å². The highest BCUT2D eigenvalue weighted by Gasteiger charge is 2.14. The topological polar surface area (TPSA) is 29.9 Å². The fraction of sp³-hybridized carbons (Fsp3) is 0.357. The van der Waals surface area contributed by atoms with Crippen molar-refractivity contribution in [3.63, 3.8) is 0 Å². The highest BCUT2D eigenvalue weighted by molar-refractivity contribution is 5.66. The number of rotatable bonds is 1. The van der Waals surface area contributed by atoms with Crippen LogP contribution in [0.4, 0.5) is 5.69 Å². The van der Waals surface area contributed by atoms with Crippen LogP contribution in [0.1, 0.15) is 18.9 Å². The monoisotopic (exact) mass is 227 g/mol. The van der Waals surface area contributed by atoms with Crippen molar-refractivity contribution in [2.45, 2.75) is 25.8 Å². The van der Waals surface area contributed by atoms with E-state index in [-0.39, 0.29) is 0 Å². The lowest BCUT2D eigenvalue weighted by Crippen LogP contribution is -2.21. The second-order valence-electron chi connectivity index (χ2n) is 4.83. The smallest absolute Gasteiger partial charge is 0.0923 e. The van der Waals surface area contributed by atoms with Crippen molar-refractivity contribution < 1.29 is 0 Å². The van der Waals surface area contributed by atoms with E-state index in [1.807, 2.05) is 17.9 Å². The highest BCUT2D eigenvalue weighted by Crippen LogP contribution is 2.29. The molecule has 17 heavy (non-hydrogen) atoms. The Balaban J connectivity index is 1.98. The molecular formula is C14H17N3. The molecule has 3 heteroatoms. The van der Waals surface area contributed by atoms with Gasteiger partial charge in [0.25, 0.3) is 0 Å². The van der Waals surface area contributed by atoms with Crippen molar-refractivity contribution in [3.05, 3.63) is 36.0 Å². The van der Waals surface area contributed by atoms with Gasteiger partial charge in [-0.25, -0.2) is 0 Å². The molecule has 0 aliphatic carbocycles. The first-order valence-corrected chi connectivity index (χ1v) is 6.12. The SMILES string of the molecule is CC1CCc2cc(-c3ccn(C)n3)ccc2N1. The molecule has 1 aromatic carbocycles. The van der Waals surface area contributed by atoms with Crippen LogP contribution in [0, 0.1) is 0 Å². The summed E-state index contributed by atoms with van der Waals surface area (Å²) < 4.78 is 1.84. The second kappa shape index (κ2) is 3.91. The average Bonchev–Trinajstić information content (AvgIpc) is 2.75. The molecular weight excluding hydrogens is 210 g/mol. The molecule has 0 spiro atoms. The van der Waals surface area contributed by atoms with Crippen LogP contribution in [0.15, 0.2) is 30.5 Å². The molecule has 0 amide bonds. The Bertz CT molecular complexity index is 542. The number of nitrogens with one attached hydrogen (secondary N) is 1. The van der Waals surface area contributed by atoms with Gasteiger partial charge in [-0.15, -0.1) is 0 Å². The summed E-state index contributed by atoms with van der Waals surface area (Å²) in [4.78, 5) is 0. The lowest BCUT2D eigenvalue weighted by atomic mass is 9.96. The van der Waals surface area contributed by atoms with Crippen LogP contribution in [0.25, 0.3) is 11.3 Å². The van der Waals surface area contributed by atoms with Crippen LogP contribution in [0.2, 0.25) is 0 Å². The van der Waals surface area contributed by atoms with E-state index < -0.39 is 0 Å². The molecule has 1 N–H and O–H groups in total. The number of anilines is 1. The van der Waals surface area contributed by atoms with Gasteiger partial charge in [-0.2, -0.15) is 5.10 Å². The van der Waals surface area contributed by atoms with Crippen molar-refractivity contribution in [3.8, 4) is 11.3 Å². The van der Waals surface area contributed by atoms with Gasteiger partial charge in [0.2, 0.25) is 0 Å². The molecule has 88 valence electrons. The Morgan fingerprint density at radius 1 is 1.35 bits per heavy atom. The first-order valence-electron chi connectivity index (χ1n) is 6.12. The minimum absolute atomic E-state index is 0.586. The number of aryl methyl sites for hydroxylation is 2. The van der Waals surface area contributed by atoms with E-state index in [0.717, 1.165) is 12.1 Å². The summed E-state index contributed by atoms with van der Waals surface area (Å²) in [5.74, 6) is 0. The van der Waals surface area contributed by atoms with E-state index in [2.05, 4.69) is 41.6 Å². The molecule has 0 radical (unpaired) electrons. The van der Waals surface area contributed by atoms with E-state index in [9.17, 15) is 0 Å². The number of benzene rings is 1. The summed E-state index contributed by atoms with van der Waals surface area (Å²) in [6.45, 7) is 2.23. The van der Waals surface area contributed by atoms with Crippen LogP contribution in [-0.2, 0) is 13.5 Å². The molecule has 0 fully saturated rings. The molecule has 0 saturated heterocycles. The van der Waals surface area contributed by atoms with E-state index in [4.69, 9.17) is 0 Å². The Morgan fingerprint density at radius 3 is 3.00 bits per heavy atom. The first kappa shape index (κ1) is 10.4. The number of hydrogen-bond acceptors (Lipinski definition) is 2. The normalized spacial score (nSPS) is 18.6. The van der Waals surface area contributed by atoms with Crippen LogP contribution in [0.5, 0.6) is 0 Å². The fourth-order valence-electron chi connectivity index (χ4n) is 2.38. The number of nitrogens with zero attached hydrogens (tertiary/aromatic N) is 2. The minimum atomic E-state index is 0.586. The fourth-order valence-corrected chi connectivity index (χ4v) is 2.38. The summed E-state index contributed by atoms with van der Waals surface area (Å²) in [6.07, 6.45) is 4.35. The molecule has 1 aliphatic heterocycles. The Hall–Kier alpha value is -1.77. The Morgan fingerprint density at radius 2 is 2.24 bits per heavy atom. The number of aromatic nitrogens is 2. The molecule has 3 nitrogen and oxygen atoms in total. The maximum atomic E-state index is 4.44. The van der Waals surface area contributed by atoms with Crippen molar-refractivity contribution >= 4 is 5.69 Å². The molecule has 1 aromatic heterocycles. The lowest BCUT2D eigenvalue weighted by molar-refractivity contribution is 0.681. The average molecular weight is 227 g/mol. The first-order chi connectivity index (χ1) is 8.22. The summed E-state index contributed by atoms with van der Waals surface area (Å²) in [5.41, 5.74) is 4.95. The standard InChI is InChI=1S/C14H17N3/c1-10-3-4-11-9-12(5-6-13(11)15-10)14-7-8-17(2)16-14/h5-10,15H,3-4H2,1-2H3. The van der Waals surface area contributed by atoms with Crippen molar-refractivity contribution in [2.75, 3.05) is 5.32 Å². The zero-order valence-corrected chi connectivity index (χ0v) is 10.3. The van der Waals surface area contributed by atoms with Gasteiger partial charge >= 0.3 is 0 Å². The zero-order valence-electron chi connectivity index (χ0n) is 10.3. The summed E-state index contributed by atoms with van der Waals surface area (Å²) in [6, 6.07) is 9.22. The van der Waals surface area contributed by atoms with E-state index in [0.29, 0.717) is 6.04 Å². The van der Waals surface area contributed by atoms with Gasteiger partial charge < -0.3 is 5.32 Å². The Kier molecular flexibility index (Phi) is 2.39. The zero-order chi connectivity index (χ0) is 11.8. The quantitative estimate of drug-likeness (QED) is 0.812. The molecule has 3 rings (SSSR count). The lowest BCUT2D eigenvalue weighted by Gasteiger charge is -2.24. The van der Waals surface area contributed by atoms with Gasteiger partial charge in [0, 0.05) is 30.5 Å². The van der Waals surface area contributed by atoms with Crippen molar-refractivity contribution in [1.82, 2.24) is 9.78 Å². The van der Waals surface area contributed by atoms with Crippen LogP contribution in [0.3, 0.4) is 0 Å². The van der Waals surface area contributed by atoms with E-state index in [1.165, 1.54) is 23.2 Å². The third-order valence-electron chi connectivity index (χ3n) is 3.36. The number of hydrogen-bond donors (Lipinski definition) is 1. The molecule has 1 aliphatic rings. The summed E-state index contributed by atoms with van der Waals surface area (Å²) >= 11 is 0. The predicted molar refractivity (Wildman–Crippen MR) is 70.0 cm³/mol. The van der Waals surface area contributed by atoms with Gasteiger partial charge in [0.05, 0.1) is 5.69 Å². The largest absolute Gasteiger partial charge is 0.382 e. The third-order valence-corrected chi connectivity index (χ3v) is 3.36. The number of fused-ring (bicyclic) bond motifs is 1. The molecule has 1 unspecified atom stereocenters. The van der Waals surface area contributed by atoms with E-state index in [1.54, 1.807) is 0 Å². The molecule has 2 heterocycles. The predicted octanol–water partition coefficient (Wildman–Crippen LogP) is 2.83. The minimum Gasteiger partial charge on any atom is -0.382 e. The van der Waals surface area contributed by atoms with Crippen LogP contribution >= 0.6 is 0 Å². The third kappa shape index (κ3) is 1.93. The van der Waals surface area contributed by atoms with Crippen molar-refractivity contribution in [2.24, 2.45) is 7.05 Å². The molecule has 0 saturated carbocycles. The molecule has 1 atom stereocenters. The second-order valence-corrected chi connectivity index (χ2v) is 4.83. The van der Waals surface area contributed by atoms with Crippen molar-refractivity contribution in [1.29, 1.82) is 0 Å².